The third kappa shape index (κ3) is 3.11. The molecular formula is C10H22N2. The molecule has 0 aromatic rings. The molecule has 0 amide bonds. The van der Waals surface area contributed by atoms with Gasteiger partial charge in [0.05, 0.1) is 0 Å². The first kappa shape index (κ1) is 10.0. The van der Waals surface area contributed by atoms with E-state index in [9.17, 15) is 0 Å². The molecule has 1 rings (SSSR count). The Labute approximate surface area is 76.3 Å². The van der Waals surface area contributed by atoms with Crippen molar-refractivity contribution in [2.45, 2.75) is 33.2 Å². The van der Waals surface area contributed by atoms with Gasteiger partial charge in [0.1, 0.15) is 0 Å². The van der Waals surface area contributed by atoms with E-state index < -0.39 is 0 Å². The van der Waals surface area contributed by atoms with E-state index in [2.05, 4.69) is 31.0 Å². The topological polar surface area (TPSA) is 15.3 Å². The van der Waals surface area contributed by atoms with Crippen LogP contribution in [0.3, 0.4) is 0 Å². The maximum Gasteiger partial charge on any atom is 0.0166 e. The Morgan fingerprint density at radius 1 is 1.33 bits per heavy atom. The molecule has 0 bridgehead atoms. The third-order valence-electron chi connectivity index (χ3n) is 2.46. The first-order chi connectivity index (χ1) is 5.72. The number of hydrogen-bond donors (Lipinski definition) is 1. The second-order valence-corrected chi connectivity index (χ2v) is 4.17. The Balaban J connectivity index is 2.38. The summed E-state index contributed by atoms with van der Waals surface area (Å²) in [5.74, 6) is 0.807. The van der Waals surface area contributed by atoms with E-state index >= 15 is 0 Å². The van der Waals surface area contributed by atoms with Crippen molar-refractivity contribution in [2.24, 2.45) is 5.92 Å². The Bertz CT molecular complexity index is 113. The molecule has 1 fully saturated rings. The fourth-order valence-corrected chi connectivity index (χ4v) is 1.93. The minimum Gasteiger partial charge on any atom is -0.313 e. The predicted molar refractivity (Wildman–Crippen MR) is 53.4 cm³/mol. The average Bonchev–Trinajstić information content (AvgIpc) is 2.14. The minimum absolute atomic E-state index is 0.668. The predicted octanol–water partition coefficient (Wildman–Crippen LogP) is 1.33. The van der Waals surface area contributed by atoms with Crippen LogP contribution in [0.1, 0.15) is 27.2 Å². The van der Waals surface area contributed by atoms with Crippen molar-refractivity contribution >= 4 is 0 Å². The van der Waals surface area contributed by atoms with Gasteiger partial charge in [-0.15, -0.1) is 0 Å². The lowest BCUT2D eigenvalue weighted by molar-refractivity contribution is 0.252. The summed E-state index contributed by atoms with van der Waals surface area (Å²) in [7, 11) is 0. The molecule has 1 N–H and O–H groups in total. The van der Waals surface area contributed by atoms with Crippen LogP contribution in [0.4, 0.5) is 0 Å². The molecule has 2 nitrogen and oxygen atoms in total. The molecule has 2 heteroatoms. The highest BCUT2D eigenvalue weighted by atomic mass is 15.2. The van der Waals surface area contributed by atoms with Crippen LogP contribution in [0.15, 0.2) is 0 Å². The highest BCUT2D eigenvalue weighted by Crippen LogP contribution is 2.05. The maximum atomic E-state index is 3.54. The van der Waals surface area contributed by atoms with Crippen molar-refractivity contribution in [3.8, 4) is 0 Å². The first-order valence-corrected chi connectivity index (χ1v) is 5.18. The standard InChI is InChI=1S/C10H22N2/c1-4-5-12-7-9(2)6-11-10(3)8-12/h9-11H,4-8H2,1-3H3. The molecule has 1 aliphatic heterocycles. The van der Waals surface area contributed by atoms with Crippen molar-refractivity contribution in [1.82, 2.24) is 10.2 Å². The highest BCUT2D eigenvalue weighted by molar-refractivity contribution is 4.75. The summed E-state index contributed by atoms with van der Waals surface area (Å²) in [6.07, 6.45) is 1.28. The van der Waals surface area contributed by atoms with Crippen LogP contribution in [0, 0.1) is 5.92 Å². The monoisotopic (exact) mass is 170 g/mol. The molecule has 0 radical (unpaired) electrons. The zero-order valence-electron chi connectivity index (χ0n) is 8.64. The van der Waals surface area contributed by atoms with Crippen molar-refractivity contribution in [3.63, 3.8) is 0 Å². The fraction of sp³-hybridized carbons (Fsp3) is 1.00. The summed E-state index contributed by atoms with van der Waals surface area (Å²) >= 11 is 0. The van der Waals surface area contributed by atoms with Crippen LogP contribution in [-0.4, -0.2) is 37.1 Å². The summed E-state index contributed by atoms with van der Waals surface area (Å²) in [6, 6.07) is 0.668. The molecule has 1 aliphatic rings. The zero-order chi connectivity index (χ0) is 8.97. The Morgan fingerprint density at radius 3 is 2.75 bits per heavy atom. The highest BCUT2D eigenvalue weighted by Gasteiger charge is 2.17. The normalized spacial score (nSPS) is 33.2. The first-order valence-electron chi connectivity index (χ1n) is 5.18. The molecule has 2 unspecified atom stereocenters. The van der Waals surface area contributed by atoms with E-state index in [-0.39, 0.29) is 0 Å². The lowest BCUT2D eigenvalue weighted by atomic mass is 10.2. The quantitative estimate of drug-likeness (QED) is 0.672. The molecule has 2 atom stereocenters. The Hall–Kier alpha value is -0.0800. The second kappa shape index (κ2) is 4.83. The summed E-state index contributed by atoms with van der Waals surface area (Å²) in [5, 5.41) is 3.54. The van der Waals surface area contributed by atoms with Gasteiger partial charge in [0.25, 0.3) is 0 Å². The number of nitrogens with zero attached hydrogens (tertiary/aromatic N) is 1. The van der Waals surface area contributed by atoms with Gasteiger partial charge in [0.15, 0.2) is 0 Å². The van der Waals surface area contributed by atoms with Gasteiger partial charge in [-0.25, -0.2) is 0 Å². The third-order valence-corrected chi connectivity index (χ3v) is 2.46. The van der Waals surface area contributed by atoms with Gasteiger partial charge in [0.2, 0.25) is 0 Å². The van der Waals surface area contributed by atoms with Crippen LogP contribution in [0.25, 0.3) is 0 Å². The van der Waals surface area contributed by atoms with Gasteiger partial charge in [-0.2, -0.15) is 0 Å². The van der Waals surface area contributed by atoms with Crippen molar-refractivity contribution in [1.29, 1.82) is 0 Å². The molecule has 0 aromatic carbocycles. The molecule has 0 aromatic heterocycles. The van der Waals surface area contributed by atoms with Crippen molar-refractivity contribution in [3.05, 3.63) is 0 Å². The average molecular weight is 170 g/mol. The van der Waals surface area contributed by atoms with Crippen LogP contribution in [0.5, 0.6) is 0 Å². The lowest BCUT2D eigenvalue weighted by Gasteiger charge is -2.22. The van der Waals surface area contributed by atoms with Crippen LogP contribution in [-0.2, 0) is 0 Å². The number of hydrogen-bond acceptors (Lipinski definition) is 2. The lowest BCUT2D eigenvalue weighted by Crippen LogP contribution is -2.35. The molecule has 1 saturated heterocycles. The molecule has 12 heavy (non-hydrogen) atoms. The van der Waals surface area contributed by atoms with E-state index in [1.807, 2.05) is 0 Å². The number of nitrogens with one attached hydrogen (secondary N) is 1. The Kier molecular flexibility index (Phi) is 4.02. The van der Waals surface area contributed by atoms with E-state index in [0.29, 0.717) is 6.04 Å². The fourth-order valence-electron chi connectivity index (χ4n) is 1.93. The van der Waals surface area contributed by atoms with Gasteiger partial charge in [0, 0.05) is 19.1 Å². The van der Waals surface area contributed by atoms with E-state index in [1.54, 1.807) is 0 Å². The van der Waals surface area contributed by atoms with Crippen LogP contribution < -0.4 is 5.32 Å². The minimum atomic E-state index is 0.668. The molecule has 0 aliphatic carbocycles. The largest absolute Gasteiger partial charge is 0.313 e. The zero-order valence-corrected chi connectivity index (χ0v) is 8.64. The second-order valence-electron chi connectivity index (χ2n) is 4.17. The van der Waals surface area contributed by atoms with E-state index in [1.165, 1.54) is 32.6 Å². The molecule has 0 spiro atoms. The van der Waals surface area contributed by atoms with Gasteiger partial charge in [-0.3, -0.25) is 0 Å². The summed E-state index contributed by atoms with van der Waals surface area (Å²) in [6.45, 7) is 11.8. The summed E-state index contributed by atoms with van der Waals surface area (Å²) < 4.78 is 0. The van der Waals surface area contributed by atoms with Crippen LogP contribution >= 0.6 is 0 Å². The van der Waals surface area contributed by atoms with Crippen LogP contribution in [0.2, 0.25) is 0 Å². The SMILES string of the molecule is CCCN1CC(C)CNC(C)C1. The maximum absolute atomic E-state index is 3.54. The molecule has 1 heterocycles. The van der Waals surface area contributed by atoms with Gasteiger partial charge >= 0.3 is 0 Å². The summed E-state index contributed by atoms with van der Waals surface area (Å²) in [5.41, 5.74) is 0. The Morgan fingerprint density at radius 2 is 2.08 bits per heavy atom. The van der Waals surface area contributed by atoms with Crippen molar-refractivity contribution in [2.75, 3.05) is 26.2 Å². The summed E-state index contributed by atoms with van der Waals surface area (Å²) in [4.78, 5) is 2.58. The van der Waals surface area contributed by atoms with Gasteiger partial charge in [-0.1, -0.05) is 13.8 Å². The van der Waals surface area contributed by atoms with Crippen molar-refractivity contribution < 1.29 is 0 Å². The number of rotatable bonds is 2. The molecule has 0 saturated carbocycles. The molecular weight excluding hydrogens is 148 g/mol. The van der Waals surface area contributed by atoms with E-state index in [0.717, 1.165) is 5.92 Å². The van der Waals surface area contributed by atoms with Gasteiger partial charge < -0.3 is 10.2 Å². The molecule has 72 valence electrons. The van der Waals surface area contributed by atoms with E-state index in [4.69, 9.17) is 0 Å². The smallest absolute Gasteiger partial charge is 0.0166 e. The van der Waals surface area contributed by atoms with Gasteiger partial charge in [-0.05, 0) is 32.4 Å².